The van der Waals surface area contributed by atoms with Gasteiger partial charge in [0.25, 0.3) is 0 Å². The van der Waals surface area contributed by atoms with Crippen molar-refractivity contribution in [1.82, 2.24) is 20.1 Å². The Morgan fingerprint density at radius 1 is 1.47 bits per heavy atom. The van der Waals surface area contributed by atoms with E-state index in [0.717, 1.165) is 68.6 Å². The molecule has 30 heavy (non-hydrogen) atoms. The van der Waals surface area contributed by atoms with E-state index < -0.39 is 5.60 Å². The summed E-state index contributed by atoms with van der Waals surface area (Å²) in [5, 5.41) is 6.55. The van der Waals surface area contributed by atoms with Crippen LogP contribution in [0.2, 0.25) is 0 Å². The minimum atomic E-state index is -0.449. The number of thiazole rings is 1. The number of aliphatic imine (C=N–C) groups is 1. The first-order valence-corrected chi connectivity index (χ1v) is 11.4. The molecule has 1 atom stereocenters. The highest BCUT2D eigenvalue weighted by atomic mass is 127. The number of aromatic nitrogens is 1. The monoisotopic (exact) mass is 551 g/mol. The van der Waals surface area contributed by atoms with Crippen LogP contribution in [0.1, 0.15) is 57.7 Å². The number of ether oxygens (including phenoxy) is 1. The third kappa shape index (κ3) is 9.36. The lowest BCUT2D eigenvalue weighted by Gasteiger charge is -2.34. The molecule has 2 rings (SSSR count). The number of guanidine groups is 1. The fraction of sp³-hybridized carbons (Fsp3) is 0.762. The molecule has 1 aliphatic rings. The number of likely N-dealkylation sites (tertiary alicyclic amines) is 1. The molecular weight excluding hydrogens is 513 g/mol. The van der Waals surface area contributed by atoms with E-state index in [1.54, 1.807) is 11.3 Å². The summed E-state index contributed by atoms with van der Waals surface area (Å²) >= 11 is 1.67. The first-order valence-electron chi connectivity index (χ1n) is 10.6. The van der Waals surface area contributed by atoms with Gasteiger partial charge in [0.05, 0.1) is 17.2 Å². The van der Waals surface area contributed by atoms with Crippen LogP contribution in [0.15, 0.2) is 10.4 Å². The SMILES string of the molecule is CCNC(=NCCC1CCCN(C(=O)OC(C)(C)C)C1)N(C)Cc1csc(C)n1.I. The summed E-state index contributed by atoms with van der Waals surface area (Å²) in [5.41, 5.74) is 0.621. The molecule has 0 radical (unpaired) electrons. The minimum absolute atomic E-state index is 0. The highest BCUT2D eigenvalue weighted by Crippen LogP contribution is 2.22. The van der Waals surface area contributed by atoms with Crippen LogP contribution in [0, 0.1) is 12.8 Å². The highest BCUT2D eigenvalue weighted by Gasteiger charge is 2.27. The number of rotatable bonds is 6. The lowest BCUT2D eigenvalue weighted by Crippen LogP contribution is -2.43. The number of hydrogen-bond donors (Lipinski definition) is 1. The van der Waals surface area contributed by atoms with Gasteiger partial charge >= 0.3 is 6.09 Å². The maximum atomic E-state index is 12.3. The van der Waals surface area contributed by atoms with Gasteiger partial charge in [0.15, 0.2) is 5.96 Å². The smallest absolute Gasteiger partial charge is 0.410 e. The van der Waals surface area contributed by atoms with Gasteiger partial charge in [-0.05, 0) is 59.8 Å². The van der Waals surface area contributed by atoms with Crippen LogP contribution >= 0.6 is 35.3 Å². The standard InChI is InChI=1S/C21H37N5O2S.HI/c1-7-22-19(25(6)14-18-15-29-16(2)24-18)23-11-10-17-9-8-12-26(13-17)20(27)28-21(3,4)5;/h15,17H,7-14H2,1-6H3,(H,22,23);1H. The number of amides is 1. The van der Waals surface area contributed by atoms with E-state index in [-0.39, 0.29) is 30.1 Å². The number of piperidine rings is 1. The average Bonchev–Trinajstić information content (AvgIpc) is 3.04. The van der Waals surface area contributed by atoms with Crippen molar-refractivity contribution in [1.29, 1.82) is 0 Å². The molecule has 1 unspecified atom stereocenters. The van der Waals surface area contributed by atoms with Crippen LogP contribution in [-0.2, 0) is 11.3 Å². The topological polar surface area (TPSA) is 70.1 Å². The molecule has 1 saturated heterocycles. The number of carbonyl (C=O) groups excluding carboxylic acids is 1. The minimum Gasteiger partial charge on any atom is -0.444 e. The van der Waals surface area contributed by atoms with E-state index in [1.165, 1.54) is 0 Å². The number of aryl methyl sites for hydroxylation is 1. The fourth-order valence-corrected chi connectivity index (χ4v) is 4.02. The summed E-state index contributed by atoms with van der Waals surface area (Å²) in [5.74, 6) is 1.37. The molecule has 1 amide bonds. The van der Waals surface area contributed by atoms with E-state index in [2.05, 4.69) is 27.5 Å². The molecule has 1 aliphatic heterocycles. The molecule has 0 saturated carbocycles. The Morgan fingerprint density at radius 3 is 2.80 bits per heavy atom. The Kier molecular flexibility index (Phi) is 11.4. The molecule has 0 aromatic carbocycles. The maximum Gasteiger partial charge on any atom is 0.410 e. The summed E-state index contributed by atoms with van der Waals surface area (Å²) in [6.45, 7) is 13.7. The van der Waals surface area contributed by atoms with Crippen molar-refractivity contribution >= 4 is 47.4 Å². The lowest BCUT2D eigenvalue weighted by atomic mass is 9.95. The van der Waals surface area contributed by atoms with Gasteiger partial charge in [-0.3, -0.25) is 4.99 Å². The van der Waals surface area contributed by atoms with Crippen molar-refractivity contribution in [3.63, 3.8) is 0 Å². The zero-order valence-electron chi connectivity index (χ0n) is 19.2. The van der Waals surface area contributed by atoms with Crippen LogP contribution in [-0.4, -0.2) is 65.7 Å². The third-order valence-electron chi connectivity index (χ3n) is 4.73. The second kappa shape index (κ2) is 12.7. The van der Waals surface area contributed by atoms with Gasteiger partial charge in [0.2, 0.25) is 0 Å². The van der Waals surface area contributed by atoms with Crippen molar-refractivity contribution < 1.29 is 9.53 Å². The first kappa shape index (κ1) is 26.9. The summed E-state index contributed by atoms with van der Waals surface area (Å²) in [6.07, 6.45) is 2.94. The van der Waals surface area contributed by atoms with Gasteiger partial charge in [-0.1, -0.05) is 0 Å². The molecule has 2 heterocycles. The highest BCUT2D eigenvalue weighted by molar-refractivity contribution is 14.0. The van der Waals surface area contributed by atoms with Crippen LogP contribution < -0.4 is 5.32 Å². The van der Waals surface area contributed by atoms with Crippen molar-refractivity contribution in [3.8, 4) is 0 Å². The summed E-state index contributed by atoms with van der Waals surface area (Å²) in [7, 11) is 2.04. The number of nitrogens with one attached hydrogen (secondary N) is 1. The fourth-order valence-electron chi connectivity index (χ4n) is 3.41. The molecular formula is C21H38IN5O2S. The zero-order chi connectivity index (χ0) is 21.4. The summed E-state index contributed by atoms with van der Waals surface area (Å²) in [6, 6.07) is 0. The number of hydrogen-bond acceptors (Lipinski definition) is 5. The van der Waals surface area contributed by atoms with Crippen molar-refractivity contribution in [2.45, 2.75) is 66.0 Å². The quantitative estimate of drug-likeness (QED) is 0.320. The lowest BCUT2D eigenvalue weighted by molar-refractivity contribution is 0.0163. The van der Waals surface area contributed by atoms with Crippen molar-refractivity contribution in [2.75, 3.05) is 33.2 Å². The van der Waals surface area contributed by atoms with Crippen molar-refractivity contribution in [3.05, 3.63) is 16.1 Å². The second-order valence-corrected chi connectivity index (χ2v) is 9.74. The third-order valence-corrected chi connectivity index (χ3v) is 5.55. The Bertz CT molecular complexity index is 689. The molecule has 172 valence electrons. The Hall–Kier alpha value is -1.10. The molecule has 1 N–H and O–H groups in total. The van der Waals surface area contributed by atoms with E-state index in [4.69, 9.17) is 9.73 Å². The Balaban J connectivity index is 0.00000450. The first-order chi connectivity index (χ1) is 13.7. The number of carbonyl (C=O) groups is 1. The predicted octanol–water partition coefficient (Wildman–Crippen LogP) is 4.50. The normalized spacial score (nSPS) is 17.3. The summed E-state index contributed by atoms with van der Waals surface area (Å²) < 4.78 is 5.53. The van der Waals surface area contributed by atoms with Crippen LogP contribution in [0.25, 0.3) is 0 Å². The van der Waals surface area contributed by atoms with Gasteiger partial charge in [-0.2, -0.15) is 0 Å². The average molecular weight is 552 g/mol. The van der Waals surface area contributed by atoms with Crippen molar-refractivity contribution in [2.24, 2.45) is 10.9 Å². The second-order valence-electron chi connectivity index (χ2n) is 8.67. The number of nitrogens with zero attached hydrogens (tertiary/aromatic N) is 4. The molecule has 1 aromatic rings. The molecule has 0 bridgehead atoms. The van der Waals surface area contributed by atoms with Gasteiger partial charge in [-0.15, -0.1) is 35.3 Å². The number of halogens is 1. The molecule has 0 aliphatic carbocycles. The van der Waals surface area contributed by atoms with Crippen LogP contribution in [0.3, 0.4) is 0 Å². The van der Waals surface area contributed by atoms with Gasteiger partial charge in [0, 0.05) is 38.6 Å². The zero-order valence-corrected chi connectivity index (χ0v) is 22.4. The van der Waals surface area contributed by atoms with E-state index in [0.29, 0.717) is 5.92 Å². The molecule has 9 heteroatoms. The van der Waals surface area contributed by atoms with Gasteiger partial charge in [-0.25, -0.2) is 9.78 Å². The molecule has 1 aromatic heterocycles. The van der Waals surface area contributed by atoms with Gasteiger partial charge < -0.3 is 19.9 Å². The Morgan fingerprint density at radius 2 is 2.20 bits per heavy atom. The summed E-state index contributed by atoms with van der Waals surface area (Å²) in [4.78, 5) is 25.7. The largest absolute Gasteiger partial charge is 0.444 e. The molecule has 0 spiro atoms. The van der Waals surface area contributed by atoms with E-state index >= 15 is 0 Å². The van der Waals surface area contributed by atoms with Gasteiger partial charge in [0.1, 0.15) is 5.60 Å². The Labute approximate surface area is 202 Å². The maximum absolute atomic E-state index is 12.3. The predicted molar refractivity (Wildman–Crippen MR) is 135 cm³/mol. The molecule has 7 nitrogen and oxygen atoms in total. The van der Waals surface area contributed by atoms with E-state index in [9.17, 15) is 4.79 Å². The van der Waals surface area contributed by atoms with Crippen LogP contribution in [0.5, 0.6) is 0 Å². The van der Waals surface area contributed by atoms with Crippen LogP contribution in [0.4, 0.5) is 4.79 Å². The van der Waals surface area contributed by atoms with E-state index in [1.807, 2.05) is 39.6 Å². The molecule has 1 fully saturated rings.